The maximum Gasteiger partial charge on any atom is 0.161 e. The van der Waals surface area contributed by atoms with Gasteiger partial charge in [0.25, 0.3) is 0 Å². The van der Waals surface area contributed by atoms with Crippen LogP contribution < -0.4 is 15.4 Å². The Bertz CT molecular complexity index is 377. The molecule has 0 amide bonds. The fraction of sp³-hybridized carbons (Fsp3) is 0.500. The lowest BCUT2D eigenvalue weighted by atomic mass is 9.85. The predicted octanol–water partition coefficient (Wildman–Crippen LogP) is 1.63. The van der Waals surface area contributed by atoms with E-state index in [9.17, 15) is 0 Å². The van der Waals surface area contributed by atoms with Crippen LogP contribution in [0.15, 0.2) is 18.2 Å². The summed E-state index contributed by atoms with van der Waals surface area (Å²) in [7, 11) is 0. The molecular weight excluding hydrogens is 206 g/mol. The van der Waals surface area contributed by atoms with Crippen LogP contribution in [0, 0.1) is 0 Å². The molecule has 0 aliphatic carbocycles. The topological polar surface area (TPSA) is 53.7 Å². The minimum absolute atomic E-state index is 0.134. The number of benzene rings is 1. The molecule has 1 aliphatic rings. The summed E-state index contributed by atoms with van der Waals surface area (Å²) in [6.07, 6.45) is 0. The maximum atomic E-state index is 5.54. The normalized spacial score (nSPS) is 14.9. The van der Waals surface area contributed by atoms with Crippen molar-refractivity contribution < 1.29 is 14.3 Å². The van der Waals surface area contributed by atoms with Crippen LogP contribution in [0.1, 0.15) is 19.4 Å². The van der Waals surface area contributed by atoms with Gasteiger partial charge < -0.3 is 14.3 Å². The number of rotatable bonds is 3. The molecule has 4 heteroatoms. The predicted molar refractivity (Wildman–Crippen MR) is 60.6 cm³/mol. The Balaban J connectivity index is 2.29. The van der Waals surface area contributed by atoms with Crippen molar-refractivity contribution >= 4 is 0 Å². The summed E-state index contributed by atoms with van der Waals surface area (Å²) >= 11 is 0. The second kappa shape index (κ2) is 4.31. The molecule has 1 aromatic rings. The van der Waals surface area contributed by atoms with Gasteiger partial charge in [0.2, 0.25) is 0 Å². The van der Waals surface area contributed by atoms with Crippen molar-refractivity contribution in [3.05, 3.63) is 23.8 Å². The number of hydrogen-bond acceptors (Lipinski definition) is 4. The molecule has 0 spiro atoms. The maximum absolute atomic E-state index is 5.54. The minimum atomic E-state index is -0.134. The van der Waals surface area contributed by atoms with Crippen LogP contribution in [-0.2, 0) is 10.3 Å². The number of ether oxygens (including phenoxy) is 2. The van der Waals surface area contributed by atoms with Crippen molar-refractivity contribution in [3.63, 3.8) is 0 Å². The minimum Gasteiger partial charge on any atom is -0.486 e. The molecule has 0 radical (unpaired) electrons. The molecule has 1 aliphatic heterocycles. The van der Waals surface area contributed by atoms with Gasteiger partial charge in [-0.05, 0) is 17.7 Å². The largest absolute Gasteiger partial charge is 0.486 e. The molecule has 88 valence electrons. The zero-order valence-corrected chi connectivity index (χ0v) is 9.66. The third-order valence-electron chi connectivity index (χ3n) is 2.77. The number of hydrogen-bond donors (Lipinski definition) is 1. The molecule has 0 fully saturated rings. The zero-order chi connectivity index (χ0) is 11.6. The van der Waals surface area contributed by atoms with E-state index in [0.29, 0.717) is 19.8 Å². The fourth-order valence-corrected chi connectivity index (χ4v) is 1.76. The van der Waals surface area contributed by atoms with E-state index in [4.69, 9.17) is 20.2 Å². The van der Waals surface area contributed by atoms with Crippen LogP contribution in [0.5, 0.6) is 11.5 Å². The second-order valence-corrected chi connectivity index (χ2v) is 4.55. The monoisotopic (exact) mass is 223 g/mol. The summed E-state index contributed by atoms with van der Waals surface area (Å²) in [4.78, 5) is 4.73. The van der Waals surface area contributed by atoms with Crippen LogP contribution in [-0.4, -0.2) is 19.8 Å². The Morgan fingerprint density at radius 3 is 2.62 bits per heavy atom. The average molecular weight is 223 g/mol. The van der Waals surface area contributed by atoms with Crippen molar-refractivity contribution in [2.75, 3.05) is 19.8 Å². The molecule has 0 saturated carbocycles. The van der Waals surface area contributed by atoms with Crippen molar-refractivity contribution in [3.8, 4) is 11.5 Å². The van der Waals surface area contributed by atoms with Crippen molar-refractivity contribution in [2.45, 2.75) is 19.3 Å². The first-order valence-electron chi connectivity index (χ1n) is 5.35. The highest BCUT2D eigenvalue weighted by molar-refractivity contribution is 5.45. The summed E-state index contributed by atoms with van der Waals surface area (Å²) in [6, 6.07) is 5.95. The molecule has 16 heavy (non-hydrogen) atoms. The smallest absolute Gasteiger partial charge is 0.161 e. The van der Waals surface area contributed by atoms with Gasteiger partial charge in [-0.15, -0.1) is 0 Å². The number of fused-ring (bicyclic) bond motifs is 1. The van der Waals surface area contributed by atoms with Crippen molar-refractivity contribution in [1.29, 1.82) is 0 Å². The first kappa shape index (κ1) is 11.2. The highest BCUT2D eigenvalue weighted by Crippen LogP contribution is 2.35. The Morgan fingerprint density at radius 2 is 1.94 bits per heavy atom. The zero-order valence-electron chi connectivity index (χ0n) is 9.66. The van der Waals surface area contributed by atoms with E-state index in [0.717, 1.165) is 17.1 Å². The Hall–Kier alpha value is -1.26. The van der Waals surface area contributed by atoms with Crippen LogP contribution >= 0.6 is 0 Å². The summed E-state index contributed by atoms with van der Waals surface area (Å²) < 4.78 is 11.0. The van der Waals surface area contributed by atoms with Crippen LogP contribution in [0.3, 0.4) is 0 Å². The summed E-state index contributed by atoms with van der Waals surface area (Å²) in [6.45, 7) is 5.83. The van der Waals surface area contributed by atoms with Gasteiger partial charge in [0, 0.05) is 5.41 Å². The molecular formula is C12H17NO3. The van der Waals surface area contributed by atoms with Gasteiger partial charge in [0.15, 0.2) is 11.5 Å². The van der Waals surface area contributed by atoms with E-state index < -0.39 is 0 Å². The second-order valence-electron chi connectivity index (χ2n) is 4.55. The fourth-order valence-electron chi connectivity index (χ4n) is 1.76. The third-order valence-corrected chi connectivity index (χ3v) is 2.77. The molecule has 4 nitrogen and oxygen atoms in total. The van der Waals surface area contributed by atoms with Crippen LogP contribution in [0.4, 0.5) is 0 Å². The van der Waals surface area contributed by atoms with E-state index >= 15 is 0 Å². The van der Waals surface area contributed by atoms with Gasteiger partial charge in [-0.1, -0.05) is 19.9 Å². The Kier molecular flexibility index (Phi) is 3.03. The lowest BCUT2D eigenvalue weighted by Crippen LogP contribution is -2.26. The van der Waals surface area contributed by atoms with E-state index in [1.54, 1.807) is 0 Å². The molecule has 0 atom stereocenters. The van der Waals surface area contributed by atoms with E-state index in [2.05, 4.69) is 13.8 Å². The van der Waals surface area contributed by atoms with Gasteiger partial charge in [-0.25, -0.2) is 5.90 Å². The molecule has 0 aromatic heterocycles. The first-order valence-corrected chi connectivity index (χ1v) is 5.35. The average Bonchev–Trinajstić information content (AvgIpc) is 2.28. The van der Waals surface area contributed by atoms with Crippen molar-refractivity contribution in [2.24, 2.45) is 5.90 Å². The van der Waals surface area contributed by atoms with Gasteiger partial charge in [-0.3, -0.25) is 0 Å². The lowest BCUT2D eigenvalue weighted by Gasteiger charge is -2.26. The Morgan fingerprint density at radius 1 is 1.25 bits per heavy atom. The van der Waals surface area contributed by atoms with E-state index in [-0.39, 0.29) is 5.41 Å². The van der Waals surface area contributed by atoms with Gasteiger partial charge in [-0.2, -0.15) is 0 Å². The molecule has 0 saturated heterocycles. The summed E-state index contributed by atoms with van der Waals surface area (Å²) in [5.41, 5.74) is 0.993. The first-order chi connectivity index (χ1) is 7.63. The molecule has 1 aromatic carbocycles. The molecule has 2 rings (SSSR count). The van der Waals surface area contributed by atoms with E-state index in [1.807, 2.05) is 18.2 Å². The van der Waals surface area contributed by atoms with Crippen LogP contribution in [0.25, 0.3) is 0 Å². The molecule has 0 bridgehead atoms. The third kappa shape index (κ3) is 2.13. The quantitative estimate of drug-likeness (QED) is 0.791. The van der Waals surface area contributed by atoms with E-state index in [1.165, 1.54) is 0 Å². The van der Waals surface area contributed by atoms with Crippen LogP contribution in [0.2, 0.25) is 0 Å². The molecule has 0 unspecified atom stereocenters. The summed E-state index contributed by atoms with van der Waals surface area (Å²) in [5.74, 6) is 6.74. The Labute approximate surface area is 95.2 Å². The number of nitrogens with two attached hydrogens (primary N) is 1. The van der Waals surface area contributed by atoms with Gasteiger partial charge >= 0.3 is 0 Å². The SMILES string of the molecule is CC(C)(CON)c1ccc2c(c1)OCCO2. The highest BCUT2D eigenvalue weighted by atomic mass is 16.6. The highest BCUT2D eigenvalue weighted by Gasteiger charge is 2.23. The standard InChI is InChI=1S/C12H17NO3/c1-12(2,8-16-13)9-3-4-10-11(7-9)15-6-5-14-10/h3-4,7H,5-6,8,13H2,1-2H3. The lowest BCUT2D eigenvalue weighted by molar-refractivity contribution is 0.0960. The van der Waals surface area contributed by atoms with Gasteiger partial charge in [0.05, 0.1) is 6.61 Å². The van der Waals surface area contributed by atoms with Crippen molar-refractivity contribution in [1.82, 2.24) is 0 Å². The summed E-state index contributed by atoms with van der Waals surface area (Å²) in [5, 5.41) is 0. The van der Waals surface area contributed by atoms with Gasteiger partial charge in [0.1, 0.15) is 13.2 Å². The molecule has 2 N–H and O–H groups in total. The molecule has 1 heterocycles.